The van der Waals surface area contributed by atoms with Gasteiger partial charge in [-0.05, 0) is 83.7 Å². The van der Waals surface area contributed by atoms with Crippen molar-refractivity contribution in [2.45, 2.75) is 71.0 Å². The molecule has 0 radical (unpaired) electrons. The van der Waals surface area contributed by atoms with E-state index in [0.717, 1.165) is 51.0 Å². The van der Waals surface area contributed by atoms with E-state index in [1.54, 1.807) is 0 Å². The Morgan fingerprint density at radius 2 is 2.03 bits per heavy atom. The lowest BCUT2D eigenvalue weighted by Crippen LogP contribution is -2.40. The highest BCUT2D eigenvalue weighted by molar-refractivity contribution is 14.1. The molecule has 0 bridgehead atoms. The third-order valence-electron chi connectivity index (χ3n) is 6.41. The molecule has 0 aromatic carbocycles. The molecule has 4 rings (SSSR count). The van der Waals surface area contributed by atoms with Gasteiger partial charge < -0.3 is 9.16 Å². The van der Waals surface area contributed by atoms with E-state index in [1.165, 1.54) is 6.42 Å². The van der Waals surface area contributed by atoms with Crippen molar-refractivity contribution in [3.63, 3.8) is 0 Å². The Balaban J connectivity index is 1.58. The van der Waals surface area contributed by atoms with Crippen LogP contribution in [-0.2, 0) is 15.8 Å². The average molecular weight is 551 g/mol. The number of pyridine rings is 2. The molecule has 31 heavy (non-hydrogen) atoms. The molecule has 166 valence electrons. The summed E-state index contributed by atoms with van der Waals surface area (Å²) in [6.45, 7) is 12.7. The summed E-state index contributed by atoms with van der Waals surface area (Å²) in [5, 5.41) is 4.88. The fraction of sp³-hybridized carbons (Fsp3) is 0.522. The first-order valence-electron chi connectivity index (χ1n) is 10.9. The van der Waals surface area contributed by atoms with E-state index in [4.69, 9.17) is 19.2 Å². The van der Waals surface area contributed by atoms with Crippen molar-refractivity contribution < 1.29 is 9.16 Å². The van der Waals surface area contributed by atoms with Gasteiger partial charge in [0.1, 0.15) is 9.93 Å². The molecule has 1 unspecified atom stereocenters. The van der Waals surface area contributed by atoms with Gasteiger partial charge in [0.2, 0.25) is 0 Å². The van der Waals surface area contributed by atoms with Gasteiger partial charge in [-0.3, -0.25) is 4.98 Å². The second-order valence-electron chi connectivity index (χ2n) is 9.76. The van der Waals surface area contributed by atoms with Crippen molar-refractivity contribution in [1.82, 2.24) is 19.7 Å². The molecule has 0 spiro atoms. The second kappa shape index (κ2) is 8.88. The van der Waals surface area contributed by atoms with Gasteiger partial charge in [-0.15, -0.1) is 0 Å². The molecular formula is C23H31IN4O2Si. The van der Waals surface area contributed by atoms with E-state index >= 15 is 0 Å². The zero-order chi connectivity index (χ0) is 22.2. The van der Waals surface area contributed by atoms with E-state index in [9.17, 15) is 0 Å². The number of hydrogen-bond acceptors (Lipinski definition) is 5. The van der Waals surface area contributed by atoms with Gasteiger partial charge in [-0.1, -0.05) is 20.8 Å². The van der Waals surface area contributed by atoms with Crippen molar-refractivity contribution in [3.8, 4) is 11.3 Å². The maximum atomic E-state index is 6.38. The van der Waals surface area contributed by atoms with Crippen LogP contribution >= 0.6 is 22.6 Å². The molecule has 4 heterocycles. The fourth-order valence-corrected chi connectivity index (χ4v) is 5.00. The number of aromatic nitrogens is 4. The highest BCUT2D eigenvalue weighted by Crippen LogP contribution is 2.37. The van der Waals surface area contributed by atoms with Crippen molar-refractivity contribution in [2.75, 3.05) is 6.61 Å². The predicted molar refractivity (Wildman–Crippen MR) is 134 cm³/mol. The Kier molecular flexibility index (Phi) is 6.53. The van der Waals surface area contributed by atoms with Gasteiger partial charge >= 0.3 is 0 Å². The zero-order valence-electron chi connectivity index (χ0n) is 19.0. The number of ether oxygens (including phenoxy) is 1. The molecule has 0 aliphatic carbocycles. The van der Waals surface area contributed by atoms with Crippen molar-refractivity contribution >= 4 is 41.9 Å². The quantitative estimate of drug-likeness (QED) is 0.275. The number of halogens is 1. The lowest BCUT2D eigenvalue weighted by atomic mass is 10.2. The summed E-state index contributed by atoms with van der Waals surface area (Å²) < 4.78 is 15.1. The summed E-state index contributed by atoms with van der Waals surface area (Å²) in [5.74, 6) is 0. The van der Waals surface area contributed by atoms with E-state index in [0.29, 0.717) is 6.61 Å². The highest BCUT2D eigenvalue weighted by Gasteiger charge is 2.37. The van der Waals surface area contributed by atoms with Crippen LogP contribution in [0.25, 0.3) is 22.3 Å². The molecule has 0 saturated carbocycles. The van der Waals surface area contributed by atoms with Crippen LogP contribution in [0, 0.1) is 3.70 Å². The molecule has 6 nitrogen and oxygen atoms in total. The van der Waals surface area contributed by atoms with E-state index < -0.39 is 8.32 Å². The van der Waals surface area contributed by atoms with Crippen LogP contribution < -0.4 is 0 Å². The highest BCUT2D eigenvalue weighted by atomic mass is 127. The van der Waals surface area contributed by atoms with Crippen LogP contribution in [0.1, 0.15) is 51.8 Å². The monoisotopic (exact) mass is 550 g/mol. The van der Waals surface area contributed by atoms with E-state index in [2.05, 4.69) is 73.7 Å². The van der Waals surface area contributed by atoms with Gasteiger partial charge in [-0.2, -0.15) is 5.10 Å². The number of nitrogens with zero attached hydrogens (tertiary/aromatic N) is 4. The summed E-state index contributed by atoms with van der Waals surface area (Å²) in [6, 6.07) is 6.15. The van der Waals surface area contributed by atoms with Crippen LogP contribution in [0.15, 0.2) is 30.6 Å². The van der Waals surface area contributed by atoms with Crippen LogP contribution in [0.4, 0.5) is 0 Å². The first-order valence-corrected chi connectivity index (χ1v) is 14.9. The summed E-state index contributed by atoms with van der Waals surface area (Å²) in [7, 11) is -1.81. The normalized spacial score (nSPS) is 17.9. The Hall–Kier alpha value is -1.36. The lowest BCUT2D eigenvalue weighted by molar-refractivity contribution is -0.0396. The van der Waals surface area contributed by atoms with Crippen molar-refractivity contribution in [3.05, 3.63) is 39.9 Å². The van der Waals surface area contributed by atoms with E-state index in [1.807, 2.05) is 23.0 Å². The largest absolute Gasteiger partial charge is 0.413 e. The van der Waals surface area contributed by atoms with Gasteiger partial charge in [0.15, 0.2) is 8.32 Å². The van der Waals surface area contributed by atoms with Gasteiger partial charge in [0.25, 0.3) is 0 Å². The standard InChI is InChI=1S/C23H31IN4O2Si/c1-23(2,3)31(4,5)30-15-16-12-20-19(25-13-16)10-9-18(26-20)17-14-28(27-22(17)24)21-8-6-7-11-29-21/h9-10,12-14,21H,6-8,11,15H2,1-5H3. The first-order chi connectivity index (χ1) is 14.6. The Morgan fingerprint density at radius 3 is 2.74 bits per heavy atom. The Morgan fingerprint density at radius 1 is 1.23 bits per heavy atom. The predicted octanol–water partition coefficient (Wildman–Crippen LogP) is 6.32. The third-order valence-corrected chi connectivity index (χ3v) is 11.7. The molecule has 1 fully saturated rings. The van der Waals surface area contributed by atoms with Gasteiger partial charge in [0, 0.05) is 19.0 Å². The fourth-order valence-electron chi connectivity index (χ4n) is 3.38. The van der Waals surface area contributed by atoms with E-state index in [-0.39, 0.29) is 11.3 Å². The lowest BCUT2D eigenvalue weighted by Gasteiger charge is -2.36. The third kappa shape index (κ3) is 5.02. The minimum atomic E-state index is -1.81. The second-order valence-corrected chi connectivity index (χ2v) is 15.6. The molecule has 0 amide bonds. The molecule has 1 aliphatic rings. The summed E-state index contributed by atoms with van der Waals surface area (Å²) in [5.41, 5.74) is 4.76. The van der Waals surface area contributed by atoms with Crippen LogP contribution in [0.3, 0.4) is 0 Å². The summed E-state index contributed by atoms with van der Waals surface area (Å²) >= 11 is 2.28. The topological polar surface area (TPSA) is 62.1 Å². The molecule has 1 saturated heterocycles. The maximum Gasteiger partial charge on any atom is 0.192 e. The SMILES string of the molecule is CC(C)(C)[Si](C)(C)OCc1cnc2ccc(-c3cn(C4CCCCO4)nc3I)nc2c1. The number of hydrogen-bond donors (Lipinski definition) is 0. The van der Waals surface area contributed by atoms with Gasteiger partial charge in [-0.25, -0.2) is 9.67 Å². The van der Waals surface area contributed by atoms with Crippen molar-refractivity contribution in [2.24, 2.45) is 0 Å². The Bertz CT molecular complexity index is 1070. The van der Waals surface area contributed by atoms with Crippen LogP contribution in [0.5, 0.6) is 0 Å². The minimum Gasteiger partial charge on any atom is -0.413 e. The molecule has 3 aromatic heterocycles. The van der Waals surface area contributed by atoms with Crippen LogP contribution in [-0.4, -0.2) is 34.7 Å². The van der Waals surface area contributed by atoms with Gasteiger partial charge in [0.05, 0.1) is 28.9 Å². The minimum absolute atomic E-state index is 0.0252. The number of fused-ring (bicyclic) bond motifs is 1. The molecule has 3 aromatic rings. The van der Waals surface area contributed by atoms with Crippen molar-refractivity contribution in [1.29, 1.82) is 0 Å². The molecule has 8 heteroatoms. The summed E-state index contributed by atoms with van der Waals surface area (Å²) in [4.78, 5) is 9.52. The molecular weight excluding hydrogens is 519 g/mol. The molecule has 1 aliphatic heterocycles. The summed E-state index contributed by atoms with van der Waals surface area (Å²) in [6.07, 6.45) is 7.29. The first kappa shape index (κ1) is 22.8. The molecule has 0 N–H and O–H groups in total. The smallest absolute Gasteiger partial charge is 0.192 e. The number of rotatable bonds is 5. The Labute approximate surface area is 199 Å². The van der Waals surface area contributed by atoms with Crippen LogP contribution in [0.2, 0.25) is 18.1 Å². The average Bonchev–Trinajstić information content (AvgIpc) is 3.13. The zero-order valence-corrected chi connectivity index (χ0v) is 22.1. The molecule has 1 atom stereocenters. The maximum absolute atomic E-state index is 6.38.